The number of benzene rings is 1. The van der Waals surface area contributed by atoms with Crippen molar-refractivity contribution in [3.8, 4) is 0 Å². The van der Waals surface area contributed by atoms with E-state index in [2.05, 4.69) is 5.32 Å². The maximum absolute atomic E-state index is 13.2. The number of hydrogen-bond donors (Lipinski definition) is 1. The molecule has 0 atom stereocenters. The Bertz CT molecular complexity index is 732. The highest BCUT2D eigenvalue weighted by Gasteiger charge is 2.54. The molecule has 4 aliphatic carbocycles. The van der Waals surface area contributed by atoms with Crippen LogP contribution in [-0.2, 0) is 4.79 Å². The summed E-state index contributed by atoms with van der Waals surface area (Å²) in [6.45, 7) is 1.40. The largest absolute Gasteiger partial charge is 0.353 e. The van der Waals surface area contributed by atoms with E-state index in [-0.39, 0.29) is 17.4 Å². The Morgan fingerprint density at radius 3 is 2.00 bits per heavy atom. The van der Waals surface area contributed by atoms with Crippen LogP contribution in [0, 0.1) is 23.2 Å². The predicted molar refractivity (Wildman–Crippen MR) is 109 cm³/mol. The monoisotopic (exact) mass is 400 g/mol. The Morgan fingerprint density at radius 2 is 1.46 bits per heavy atom. The third kappa shape index (κ3) is 3.34. The Kier molecular flexibility index (Phi) is 4.65. The van der Waals surface area contributed by atoms with Gasteiger partial charge in [0, 0.05) is 35.1 Å². The lowest BCUT2D eigenvalue weighted by molar-refractivity contribution is -0.147. The highest BCUT2D eigenvalue weighted by Crippen LogP contribution is 2.60. The summed E-state index contributed by atoms with van der Waals surface area (Å²) in [5.74, 6) is 2.74. The van der Waals surface area contributed by atoms with Gasteiger partial charge >= 0.3 is 0 Å². The third-order valence-electron chi connectivity index (χ3n) is 7.73. The molecule has 1 N–H and O–H groups in total. The van der Waals surface area contributed by atoms with Gasteiger partial charge < -0.3 is 10.2 Å². The Balaban J connectivity index is 1.17. The quantitative estimate of drug-likeness (QED) is 0.823. The summed E-state index contributed by atoms with van der Waals surface area (Å²) >= 11 is 5.92. The van der Waals surface area contributed by atoms with Gasteiger partial charge in [0.15, 0.2) is 0 Å². The van der Waals surface area contributed by atoms with Gasteiger partial charge in [-0.25, -0.2) is 0 Å². The fourth-order valence-corrected chi connectivity index (χ4v) is 6.86. The molecular weight excluding hydrogens is 372 g/mol. The molecule has 28 heavy (non-hydrogen) atoms. The number of rotatable bonds is 3. The van der Waals surface area contributed by atoms with Gasteiger partial charge in [0.05, 0.1) is 0 Å². The molecule has 0 aromatic heterocycles. The van der Waals surface area contributed by atoms with E-state index in [0.29, 0.717) is 29.6 Å². The van der Waals surface area contributed by atoms with Crippen molar-refractivity contribution >= 4 is 23.4 Å². The van der Waals surface area contributed by atoms with Crippen LogP contribution in [0.2, 0.25) is 5.02 Å². The molecule has 2 amide bonds. The summed E-state index contributed by atoms with van der Waals surface area (Å²) in [7, 11) is 0. The van der Waals surface area contributed by atoms with Crippen molar-refractivity contribution < 1.29 is 9.59 Å². The Morgan fingerprint density at radius 1 is 0.929 bits per heavy atom. The average Bonchev–Trinajstić information content (AvgIpc) is 2.67. The van der Waals surface area contributed by atoms with Crippen molar-refractivity contribution in [1.82, 2.24) is 10.2 Å². The lowest BCUT2D eigenvalue weighted by Gasteiger charge is -2.56. The number of carbonyl (C=O) groups excluding carboxylic acids is 2. The van der Waals surface area contributed by atoms with Gasteiger partial charge in [-0.3, -0.25) is 9.59 Å². The Labute approximate surface area is 172 Å². The second kappa shape index (κ2) is 7.05. The van der Waals surface area contributed by atoms with E-state index in [1.165, 1.54) is 19.3 Å². The standard InChI is InChI=1S/C23H29ClN2O2/c24-19-3-1-18(2-4-19)21(27)26-7-5-20(6-8-26)25-22(28)23-12-15-9-16(13-23)11-17(10-15)14-23/h1-4,15-17,20H,5-14H2,(H,25,28). The van der Waals surface area contributed by atoms with Crippen molar-refractivity contribution in [2.75, 3.05) is 13.1 Å². The van der Waals surface area contributed by atoms with Crippen LogP contribution < -0.4 is 5.32 Å². The molecule has 1 aromatic rings. The van der Waals surface area contributed by atoms with E-state index in [9.17, 15) is 9.59 Å². The zero-order valence-electron chi connectivity index (χ0n) is 16.3. The van der Waals surface area contributed by atoms with E-state index < -0.39 is 0 Å². The third-order valence-corrected chi connectivity index (χ3v) is 7.98. The maximum Gasteiger partial charge on any atom is 0.253 e. The van der Waals surface area contributed by atoms with Crippen molar-refractivity contribution in [2.45, 2.75) is 57.4 Å². The molecule has 0 unspecified atom stereocenters. The van der Waals surface area contributed by atoms with Gasteiger partial charge in [-0.1, -0.05) is 11.6 Å². The molecule has 4 bridgehead atoms. The molecule has 4 nitrogen and oxygen atoms in total. The first-order valence-corrected chi connectivity index (χ1v) is 11.2. The normalized spacial score (nSPS) is 34.5. The minimum absolute atomic E-state index is 0.0579. The van der Waals surface area contributed by atoms with E-state index in [1.54, 1.807) is 24.3 Å². The zero-order chi connectivity index (χ0) is 19.3. The topological polar surface area (TPSA) is 49.4 Å². The number of nitrogens with zero attached hydrogens (tertiary/aromatic N) is 1. The molecule has 5 fully saturated rings. The zero-order valence-corrected chi connectivity index (χ0v) is 17.1. The SMILES string of the molecule is O=C(c1ccc(Cl)cc1)N1CCC(NC(=O)C23CC4CC(CC(C4)C2)C3)CC1. The number of halogens is 1. The number of amides is 2. The summed E-state index contributed by atoms with van der Waals surface area (Å²) in [5, 5.41) is 4.03. The summed E-state index contributed by atoms with van der Waals surface area (Å²) in [4.78, 5) is 27.8. The highest BCUT2D eigenvalue weighted by molar-refractivity contribution is 6.30. The minimum Gasteiger partial charge on any atom is -0.353 e. The van der Waals surface area contributed by atoms with Crippen LogP contribution in [0.5, 0.6) is 0 Å². The minimum atomic E-state index is -0.0784. The lowest BCUT2D eigenvalue weighted by atomic mass is 9.49. The number of nitrogens with one attached hydrogen (secondary N) is 1. The Hall–Kier alpha value is -1.55. The van der Waals surface area contributed by atoms with Crippen LogP contribution in [0.15, 0.2) is 24.3 Å². The molecule has 4 saturated carbocycles. The average molecular weight is 401 g/mol. The smallest absolute Gasteiger partial charge is 0.253 e. The van der Waals surface area contributed by atoms with Crippen LogP contribution in [0.25, 0.3) is 0 Å². The first kappa shape index (κ1) is 18.5. The van der Waals surface area contributed by atoms with Gasteiger partial charge in [0.1, 0.15) is 0 Å². The van der Waals surface area contributed by atoms with Gasteiger partial charge in [-0.2, -0.15) is 0 Å². The first-order chi connectivity index (χ1) is 13.5. The summed E-state index contributed by atoms with van der Waals surface area (Å²) < 4.78 is 0. The van der Waals surface area contributed by atoms with E-state index in [0.717, 1.165) is 49.9 Å². The molecule has 5 heteroatoms. The fraction of sp³-hybridized carbons (Fsp3) is 0.652. The first-order valence-electron chi connectivity index (χ1n) is 10.9. The number of likely N-dealkylation sites (tertiary alicyclic amines) is 1. The van der Waals surface area contributed by atoms with Crippen LogP contribution in [-0.4, -0.2) is 35.8 Å². The van der Waals surface area contributed by atoms with Gasteiger partial charge in [0.2, 0.25) is 5.91 Å². The van der Waals surface area contributed by atoms with E-state index >= 15 is 0 Å². The van der Waals surface area contributed by atoms with E-state index in [4.69, 9.17) is 11.6 Å². The summed E-state index contributed by atoms with van der Waals surface area (Å²) in [5.41, 5.74) is 0.603. The van der Waals surface area contributed by atoms with Gasteiger partial charge in [0.25, 0.3) is 5.91 Å². The second-order valence-corrected chi connectivity index (χ2v) is 10.2. The summed E-state index contributed by atoms with van der Waals surface area (Å²) in [6, 6.07) is 7.28. The fourth-order valence-electron chi connectivity index (χ4n) is 6.73. The molecule has 5 aliphatic rings. The van der Waals surface area contributed by atoms with Gasteiger partial charge in [-0.15, -0.1) is 0 Å². The molecule has 1 heterocycles. The van der Waals surface area contributed by atoms with Crippen molar-refractivity contribution in [3.05, 3.63) is 34.9 Å². The molecule has 1 aromatic carbocycles. The maximum atomic E-state index is 13.2. The molecule has 6 rings (SSSR count). The second-order valence-electron chi connectivity index (χ2n) is 9.74. The molecule has 1 aliphatic heterocycles. The van der Waals surface area contributed by atoms with Crippen molar-refractivity contribution in [2.24, 2.45) is 23.2 Å². The highest BCUT2D eigenvalue weighted by atomic mass is 35.5. The molecular formula is C23H29ClN2O2. The number of piperidine rings is 1. The molecule has 0 spiro atoms. The van der Waals surface area contributed by atoms with E-state index in [1.807, 2.05) is 4.90 Å². The number of hydrogen-bond acceptors (Lipinski definition) is 2. The van der Waals surface area contributed by atoms with Crippen LogP contribution in [0.4, 0.5) is 0 Å². The lowest BCUT2D eigenvalue weighted by Crippen LogP contribution is -2.56. The van der Waals surface area contributed by atoms with Crippen molar-refractivity contribution in [3.63, 3.8) is 0 Å². The van der Waals surface area contributed by atoms with Crippen molar-refractivity contribution in [1.29, 1.82) is 0 Å². The summed E-state index contributed by atoms with van der Waals surface area (Å²) in [6.07, 6.45) is 9.10. The predicted octanol–water partition coefficient (Wildman–Crippen LogP) is 4.28. The molecule has 0 radical (unpaired) electrons. The van der Waals surface area contributed by atoms with Crippen LogP contribution in [0.1, 0.15) is 61.7 Å². The van der Waals surface area contributed by atoms with Crippen LogP contribution >= 0.6 is 11.6 Å². The molecule has 1 saturated heterocycles. The molecule has 150 valence electrons. The van der Waals surface area contributed by atoms with Crippen LogP contribution in [0.3, 0.4) is 0 Å². The number of carbonyl (C=O) groups is 2. The van der Waals surface area contributed by atoms with Gasteiger partial charge in [-0.05, 0) is 93.4 Å².